The fraction of sp³-hybridized carbons (Fsp3) is 0.571. The van der Waals surface area contributed by atoms with Crippen molar-refractivity contribution in [3.05, 3.63) is 5.82 Å². The second-order valence-electron chi connectivity index (χ2n) is 3.15. The summed E-state index contributed by atoms with van der Waals surface area (Å²) in [6, 6.07) is 0. The van der Waals surface area contributed by atoms with Gasteiger partial charge < -0.3 is 10.8 Å². The van der Waals surface area contributed by atoms with Crippen LogP contribution in [0.25, 0.3) is 0 Å². The second-order valence-corrected chi connectivity index (χ2v) is 3.15. The molecule has 6 heteroatoms. The third-order valence-corrected chi connectivity index (χ3v) is 2.34. The Kier molecular flexibility index (Phi) is 1.68. The minimum Gasteiger partial charge on any atom is -0.481 e. The van der Waals surface area contributed by atoms with Crippen molar-refractivity contribution in [2.75, 3.05) is 5.73 Å². The Bertz CT molecular complexity index is 346. The van der Waals surface area contributed by atoms with E-state index in [0.29, 0.717) is 31.2 Å². The molecular weight excluding hydrogens is 172 g/mol. The number of hydrogen-bond donors (Lipinski definition) is 2. The highest BCUT2D eigenvalue weighted by Gasteiger charge is 2.26. The molecule has 0 aromatic carbocycles. The lowest BCUT2D eigenvalue weighted by Gasteiger charge is -2.19. The van der Waals surface area contributed by atoms with E-state index in [-0.39, 0.29) is 5.92 Å². The van der Waals surface area contributed by atoms with Crippen molar-refractivity contribution in [3.63, 3.8) is 0 Å². The van der Waals surface area contributed by atoms with Gasteiger partial charge in [0.2, 0.25) is 5.95 Å². The van der Waals surface area contributed by atoms with Crippen molar-refractivity contribution in [2.45, 2.75) is 19.4 Å². The molecule has 1 unspecified atom stereocenters. The van der Waals surface area contributed by atoms with E-state index in [9.17, 15) is 4.79 Å². The molecule has 70 valence electrons. The topological polar surface area (TPSA) is 94.0 Å². The molecule has 2 heterocycles. The zero-order valence-electron chi connectivity index (χ0n) is 6.97. The van der Waals surface area contributed by atoms with Crippen molar-refractivity contribution < 1.29 is 9.90 Å². The average Bonchev–Trinajstić information content (AvgIpc) is 2.47. The summed E-state index contributed by atoms with van der Waals surface area (Å²) in [6.07, 6.45) is 1.03. The molecule has 13 heavy (non-hydrogen) atoms. The quantitative estimate of drug-likeness (QED) is 0.611. The summed E-state index contributed by atoms with van der Waals surface area (Å²) in [4.78, 5) is 10.7. The lowest BCUT2D eigenvalue weighted by molar-refractivity contribution is -0.142. The van der Waals surface area contributed by atoms with Crippen LogP contribution in [-0.4, -0.2) is 25.8 Å². The molecule has 1 atom stereocenters. The van der Waals surface area contributed by atoms with Gasteiger partial charge in [0.1, 0.15) is 5.82 Å². The van der Waals surface area contributed by atoms with Crippen LogP contribution in [0.3, 0.4) is 0 Å². The summed E-state index contributed by atoms with van der Waals surface area (Å²) in [5.41, 5.74) is 5.52. The number of nitrogens with zero attached hydrogens (tertiary/aromatic N) is 3. The van der Waals surface area contributed by atoms with Gasteiger partial charge in [-0.15, -0.1) is 10.2 Å². The van der Waals surface area contributed by atoms with E-state index in [4.69, 9.17) is 10.8 Å². The van der Waals surface area contributed by atoms with Gasteiger partial charge in [0.25, 0.3) is 0 Å². The van der Waals surface area contributed by atoms with Gasteiger partial charge >= 0.3 is 5.97 Å². The SMILES string of the molecule is Nc1nnc2n1CCC(C(=O)O)C2. The first-order valence-corrected chi connectivity index (χ1v) is 4.09. The van der Waals surface area contributed by atoms with Crippen LogP contribution in [0.5, 0.6) is 0 Å². The Morgan fingerprint density at radius 1 is 1.62 bits per heavy atom. The van der Waals surface area contributed by atoms with Gasteiger partial charge in [0.05, 0.1) is 5.92 Å². The number of fused-ring (bicyclic) bond motifs is 1. The highest BCUT2D eigenvalue weighted by atomic mass is 16.4. The molecule has 0 spiro atoms. The van der Waals surface area contributed by atoms with Crippen molar-refractivity contribution >= 4 is 11.9 Å². The third-order valence-electron chi connectivity index (χ3n) is 2.34. The van der Waals surface area contributed by atoms with Crippen molar-refractivity contribution in [3.8, 4) is 0 Å². The van der Waals surface area contributed by atoms with Crippen LogP contribution in [-0.2, 0) is 17.8 Å². The molecule has 0 bridgehead atoms. The Hall–Kier alpha value is -1.59. The minimum atomic E-state index is -0.771. The van der Waals surface area contributed by atoms with Crippen molar-refractivity contribution in [1.82, 2.24) is 14.8 Å². The first-order valence-electron chi connectivity index (χ1n) is 4.09. The summed E-state index contributed by atoms with van der Waals surface area (Å²) >= 11 is 0. The highest BCUT2D eigenvalue weighted by Crippen LogP contribution is 2.20. The molecule has 0 saturated carbocycles. The van der Waals surface area contributed by atoms with E-state index in [2.05, 4.69) is 10.2 Å². The Morgan fingerprint density at radius 3 is 3.08 bits per heavy atom. The summed E-state index contributed by atoms with van der Waals surface area (Å²) < 4.78 is 1.76. The van der Waals surface area contributed by atoms with E-state index in [0.717, 1.165) is 0 Å². The lowest BCUT2D eigenvalue weighted by Crippen LogP contribution is -2.26. The fourth-order valence-corrected chi connectivity index (χ4v) is 1.56. The molecule has 0 aliphatic carbocycles. The summed E-state index contributed by atoms with van der Waals surface area (Å²) in [5, 5.41) is 16.3. The first-order chi connectivity index (χ1) is 6.18. The van der Waals surface area contributed by atoms with Gasteiger partial charge in [0, 0.05) is 13.0 Å². The molecule has 3 N–H and O–H groups in total. The van der Waals surface area contributed by atoms with Crippen LogP contribution in [0.2, 0.25) is 0 Å². The molecule has 1 aromatic heterocycles. The number of anilines is 1. The number of carboxylic acids is 1. The molecule has 0 radical (unpaired) electrons. The van der Waals surface area contributed by atoms with Crippen LogP contribution in [0.4, 0.5) is 5.95 Å². The van der Waals surface area contributed by atoms with Gasteiger partial charge in [-0.1, -0.05) is 0 Å². The molecule has 1 aliphatic heterocycles. The predicted molar refractivity (Wildman–Crippen MR) is 43.9 cm³/mol. The molecule has 1 aliphatic rings. The van der Waals surface area contributed by atoms with Gasteiger partial charge in [-0.25, -0.2) is 0 Å². The van der Waals surface area contributed by atoms with Crippen molar-refractivity contribution in [2.24, 2.45) is 5.92 Å². The largest absolute Gasteiger partial charge is 0.481 e. The highest BCUT2D eigenvalue weighted by molar-refractivity contribution is 5.70. The second kappa shape index (κ2) is 2.72. The maximum absolute atomic E-state index is 10.7. The smallest absolute Gasteiger partial charge is 0.307 e. The van der Waals surface area contributed by atoms with Crippen LogP contribution in [0, 0.1) is 5.92 Å². The van der Waals surface area contributed by atoms with E-state index < -0.39 is 5.97 Å². The fourth-order valence-electron chi connectivity index (χ4n) is 1.56. The van der Waals surface area contributed by atoms with E-state index in [1.807, 2.05) is 0 Å². The standard InChI is InChI=1S/C7H10N4O2/c8-7-10-9-5-3-4(6(12)13)1-2-11(5)7/h4H,1-3H2,(H2,8,10)(H,12,13). The summed E-state index contributed by atoms with van der Waals surface area (Å²) in [6.45, 7) is 0.602. The molecule has 0 saturated heterocycles. The van der Waals surface area contributed by atoms with Crippen LogP contribution in [0.1, 0.15) is 12.2 Å². The molecular formula is C7H10N4O2. The molecule has 6 nitrogen and oxygen atoms in total. The number of hydrogen-bond acceptors (Lipinski definition) is 4. The summed E-state index contributed by atoms with van der Waals surface area (Å²) in [5.74, 6) is -0.0566. The molecule has 1 aromatic rings. The maximum Gasteiger partial charge on any atom is 0.307 e. The maximum atomic E-state index is 10.7. The first kappa shape index (κ1) is 8.03. The molecule has 0 fully saturated rings. The van der Waals surface area contributed by atoms with Gasteiger partial charge in [0.15, 0.2) is 0 Å². The number of aliphatic carboxylic acids is 1. The van der Waals surface area contributed by atoms with E-state index in [1.165, 1.54) is 0 Å². The number of carboxylic acid groups (broad SMARTS) is 1. The number of rotatable bonds is 1. The Balaban J connectivity index is 2.25. The minimum absolute atomic E-state index is 0.337. The molecule has 2 rings (SSSR count). The van der Waals surface area contributed by atoms with Gasteiger partial charge in [-0.05, 0) is 6.42 Å². The Morgan fingerprint density at radius 2 is 2.38 bits per heavy atom. The normalized spacial score (nSPS) is 21.1. The van der Waals surface area contributed by atoms with Crippen LogP contribution < -0.4 is 5.73 Å². The Labute approximate surface area is 74.4 Å². The number of aromatic nitrogens is 3. The predicted octanol–water partition coefficient (Wildman–Crippen LogP) is -0.493. The van der Waals surface area contributed by atoms with Gasteiger partial charge in [-0.3, -0.25) is 9.36 Å². The molecule has 0 amide bonds. The summed E-state index contributed by atoms with van der Waals surface area (Å²) in [7, 11) is 0. The number of nitrogen functional groups attached to an aromatic ring is 1. The van der Waals surface area contributed by atoms with Crippen LogP contribution >= 0.6 is 0 Å². The van der Waals surface area contributed by atoms with Crippen molar-refractivity contribution in [1.29, 1.82) is 0 Å². The van der Waals surface area contributed by atoms with Gasteiger partial charge in [-0.2, -0.15) is 0 Å². The van der Waals surface area contributed by atoms with E-state index >= 15 is 0 Å². The monoisotopic (exact) mass is 182 g/mol. The zero-order valence-corrected chi connectivity index (χ0v) is 6.97. The lowest BCUT2D eigenvalue weighted by atomic mass is 9.98. The number of carbonyl (C=O) groups is 1. The third kappa shape index (κ3) is 1.24. The zero-order chi connectivity index (χ0) is 9.42. The average molecular weight is 182 g/mol. The van der Waals surface area contributed by atoms with E-state index in [1.54, 1.807) is 4.57 Å². The van der Waals surface area contributed by atoms with Crippen LogP contribution in [0.15, 0.2) is 0 Å². The number of nitrogens with two attached hydrogens (primary N) is 1.